The minimum absolute atomic E-state index is 0.133. The Hall–Kier alpha value is -2.98. The van der Waals surface area contributed by atoms with Gasteiger partial charge >= 0.3 is 0 Å². The lowest BCUT2D eigenvalue weighted by Gasteiger charge is -2.33. The number of thiophene rings is 1. The van der Waals surface area contributed by atoms with Crippen molar-refractivity contribution in [3.63, 3.8) is 0 Å². The van der Waals surface area contributed by atoms with Gasteiger partial charge in [0.15, 0.2) is 0 Å². The van der Waals surface area contributed by atoms with E-state index in [1.807, 2.05) is 4.90 Å². The number of nitro groups is 1. The fourth-order valence-corrected chi connectivity index (χ4v) is 6.07. The molecule has 1 aliphatic heterocycles. The molecule has 34 heavy (non-hydrogen) atoms. The largest absolute Gasteiger partial charge is 0.378 e. The molecule has 0 bridgehead atoms. The van der Waals surface area contributed by atoms with E-state index >= 15 is 0 Å². The monoisotopic (exact) mass is 486 g/mol. The average molecular weight is 487 g/mol. The summed E-state index contributed by atoms with van der Waals surface area (Å²) < 4.78 is 5.40. The minimum Gasteiger partial charge on any atom is -0.378 e. The highest BCUT2D eigenvalue weighted by Crippen LogP contribution is 2.44. The number of ether oxygens (including phenoxy) is 1. The van der Waals surface area contributed by atoms with Crippen LogP contribution in [-0.2, 0) is 17.6 Å². The number of amides is 2. The van der Waals surface area contributed by atoms with Gasteiger partial charge in [-0.15, -0.1) is 11.3 Å². The van der Waals surface area contributed by atoms with Gasteiger partial charge in [-0.1, -0.05) is 20.8 Å². The molecular weight excluding hydrogens is 456 g/mol. The molecule has 2 heterocycles. The van der Waals surface area contributed by atoms with Gasteiger partial charge in [-0.05, 0) is 42.2 Å². The van der Waals surface area contributed by atoms with Crippen LogP contribution in [-0.4, -0.2) is 43.0 Å². The Balaban J connectivity index is 1.69. The van der Waals surface area contributed by atoms with Gasteiger partial charge in [0.2, 0.25) is 0 Å². The molecule has 2 aliphatic rings. The van der Waals surface area contributed by atoms with Crippen molar-refractivity contribution in [1.29, 1.82) is 0 Å². The molecule has 2 aromatic rings. The Labute approximate surface area is 202 Å². The molecule has 4 rings (SSSR count). The van der Waals surface area contributed by atoms with Gasteiger partial charge in [0.05, 0.1) is 35.0 Å². The molecule has 2 amide bonds. The van der Waals surface area contributed by atoms with Gasteiger partial charge in [-0.2, -0.15) is 0 Å². The van der Waals surface area contributed by atoms with Crippen molar-refractivity contribution in [2.45, 2.75) is 40.0 Å². The van der Waals surface area contributed by atoms with Crippen LogP contribution in [0.25, 0.3) is 0 Å². The summed E-state index contributed by atoms with van der Waals surface area (Å²) in [6.07, 6.45) is 2.51. The zero-order valence-electron chi connectivity index (χ0n) is 19.7. The Morgan fingerprint density at radius 1 is 1.26 bits per heavy atom. The highest BCUT2D eigenvalue weighted by molar-refractivity contribution is 7.17. The maximum absolute atomic E-state index is 13.4. The molecule has 1 unspecified atom stereocenters. The zero-order chi connectivity index (χ0) is 24.6. The van der Waals surface area contributed by atoms with Crippen molar-refractivity contribution < 1.29 is 19.2 Å². The van der Waals surface area contributed by atoms with Crippen LogP contribution < -0.4 is 16.0 Å². The maximum atomic E-state index is 13.4. The minimum atomic E-state index is -0.575. The SMILES string of the molecule is CC(C)(C)C1CCc2c(sc(NC(=O)c3cc([N+](=O)[O-])ccc3N3CCOCC3)c2C(N)=O)C1. The third-order valence-electron chi connectivity index (χ3n) is 6.75. The summed E-state index contributed by atoms with van der Waals surface area (Å²) in [6.45, 7) is 8.81. The van der Waals surface area contributed by atoms with Crippen LogP contribution in [0.5, 0.6) is 0 Å². The molecule has 1 aliphatic carbocycles. The second-order valence-electron chi connectivity index (χ2n) is 9.89. The van der Waals surface area contributed by atoms with E-state index in [1.165, 1.54) is 23.5 Å². The molecule has 9 nitrogen and oxygen atoms in total. The summed E-state index contributed by atoms with van der Waals surface area (Å²) >= 11 is 1.38. The number of carbonyl (C=O) groups is 2. The van der Waals surface area contributed by atoms with Gasteiger partial charge in [0, 0.05) is 30.1 Å². The van der Waals surface area contributed by atoms with Crippen molar-refractivity contribution in [2.75, 3.05) is 36.5 Å². The third kappa shape index (κ3) is 4.78. The van der Waals surface area contributed by atoms with Crippen molar-refractivity contribution >= 4 is 39.5 Å². The molecule has 0 radical (unpaired) electrons. The number of nitrogens with two attached hydrogens (primary N) is 1. The van der Waals surface area contributed by atoms with Crippen LogP contribution in [0.2, 0.25) is 0 Å². The second-order valence-corrected chi connectivity index (χ2v) is 11.0. The molecule has 182 valence electrons. The van der Waals surface area contributed by atoms with Crippen LogP contribution in [0.1, 0.15) is 58.3 Å². The summed E-state index contributed by atoms with van der Waals surface area (Å²) in [7, 11) is 0. The third-order valence-corrected chi connectivity index (χ3v) is 7.92. The van der Waals surface area contributed by atoms with Crippen molar-refractivity contribution in [1.82, 2.24) is 0 Å². The van der Waals surface area contributed by atoms with Crippen molar-refractivity contribution in [3.05, 3.63) is 49.9 Å². The summed E-state index contributed by atoms with van der Waals surface area (Å²) in [5.41, 5.74) is 7.76. The lowest BCUT2D eigenvalue weighted by atomic mass is 9.72. The molecule has 1 saturated heterocycles. The highest BCUT2D eigenvalue weighted by atomic mass is 32.1. The van der Waals surface area contributed by atoms with Gasteiger partial charge in [0.25, 0.3) is 17.5 Å². The van der Waals surface area contributed by atoms with Crippen LogP contribution in [0, 0.1) is 21.4 Å². The number of benzene rings is 1. The number of fused-ring (bicyclic) bond motifs is 1. The van der Waals surface area contributed by atoms with Crippen molar-refractivity contribution in [3.8, 4) is 0 Å². The predicted octanol–water partition coefficient (Wildman–Crippen LogP) is 4.00. The highest BCUT2D eigenvalue weighted by Gasteiger charge is 2.34. The van der Waals surface area contributed by atoms with Gasteiger partial charge in [-0.3, -0.25) is 19.7 Å². The van der Waals surface area contributed by atoms with Crippen LogP contribution in [0.15, 0.2) is 18.2 Å². The number of morpholine rings is 1. The number of anilines is 2. The van der Waals surface area contributed by atoms with Crippen LogP contribution in [0.3, 0.4) is 0 Å². The second kappa shape index (κ2) is 9.34. The molecule has 0 spiro atoms. The molecule has 1 aromatic carbocycles. The first kappa shape index (κ1) is 24.2. The smallest absolute Gasteiger partial charge is 0.270 e. The Morgan fingerprint density at radius 3 is 2.59 bits per heavy atom. The first-order valence-electron chi connectivity index (χ1n) is 11.4. The molecule has 10 heteroatoms. The molecular formula is C24H30N4O5S. The van der Waals surface area contributed by atoms with E-state index in [1.54, 1.807) is 6.07 Å². The van der Waals surface area contributed by atoms with E-state index in [2.05, 4.69) is 26.1 Å². The van der Waals surface area contributed by atoms with E-state index < -0.39 is 16.7 Å². The van der Waals surface area contributed by atoms with Crippen LogP contribution >= 0.6 is 11.3 Å². The summed E-state index contributed by atoms with van der Waals surface area (Å²) in [4.78, 5) is 39.7. The number of rotatable bonds is 5. The summed E-state index contributed by atoms with van der Waals surface area (Å²) in [5.74, 6) is -0.610. The topological polar surface area (TPSA) is 128 Å². The zero-order valence-corrected chi connectivity index (χ0v) is 20.5. The number of nitro benzene ring substituents is 1. The molecule has 3 N–H and O–H groups in total. The van der Waals surface area contributed by atoms with Gasteiger partial charge in [-0.25, -0.2) is 0 Å². The average Bonchev–Trinajstić information content (AvgIpc) is 3.15. The predicted molar refractivity (Wildman–Crippen MR) is 132 cm³/mol. The quantitative estimate of drug-likeness (QED) is 0.486. The van der Waals surface area contributed by atoms with E-state index in [-0.39, 0.29) is 16.7 Å². The van der Waals surface area contributed by atoms with Crippen molar-refractivity contribution in [2.24, 2.45) is 17.1 Å². The van der Waals surface area contributed by atoms with E-state index in [0.717, 1.165) is 29.7 Å². The van der Waals surface area contributed by atoms with Crippen LogP contribution in [0.4, 0.5) is 16.4 Å². The fraction of sp³-hybridized carbons (Fsp3) is 0.500. The van der Waals surface area contributed by atoms with E-state index in [4.69, 9.17) is 10.5 Å². The molecule has 1 aromatic heterocycles. The maximum Gasteiger partial charge on any atom is 0.270 e. The fourth-order valence-electron chi connectivity index (χ4n) is 4.74. The normalized spacial score (nSPS) is 18.3. The van der Waals surface area contributed by atoms with Gasteiger partial charge < -0.3 is 20.7 Å². The van der Waals surface area contributed by atoms with E-state index in [9.17, 15) is 19.7 Å². The number of carbonyl (C=O) groups excluding carboxylic acids is 2. The Morgan fingerprint density at radius 2 is 1.97 bits per heavy atom. The van der Waals surface area contributed by atoms with Gasteiger partial charge in [0.1, 0.15) is 5.00 Å². The number of hydrogen-bond donors (Lipinski definition) is 2. The number of nitrogens with zero attached hydrogens (tertiary/aromatic N) is 2. The number of nitrogens with one attached hydrogen (secondary N) is 1. The molecule has 0 saturated carbocycles. The summed E-state index contributed by atoms with van der Waals surface area (Å²) in [5, 5.41) is 14.7. The number of hydrogen-bond acceptors (Lipinski definition) is 7. The Kier molecular flexibility index (Phi) is 6.64. The summed E-state index contributed by atoms with van der Waals surface area (Å²) in [6, 6.07) is 4.28. The molecule has 1 fully saturated rings. The first-order chi connectivity index (χ1) is 16.1. The lowest BCUT2D eigenvalue weighted by Crippen LogP contribution is -2.37. The Bertz CT molecular complexity index is 1130. The molecule has 1 atom stereocenters. The number of non-ortho nitro benzene ring substituents is 1. The lowest BCUT2D eigenvalue weighted by molar-refractivity contribution is -0.384. The first-order valence-corrected chi connectivity index (χ1v) is 12.2. The standard InChI is InChI=1S/C24H30N4O5S/c1-24(2,3)14-4-6-16-19(12-14)34-23(20(16)21(25)29)26-22(30)17-13-15(28(31)32)5-7-18(17)27-8-10-33-11-9-27/h5,7,13-14H,4,6,8-12H2,1-3H3,(H2,25,29)(H,26,30). The number of primary amides is 1. The van der Waals surface area contributed by atoms with E-state index in [0.29, 0.717) is 48.5 Å².